The van der Waals surface area contributed by atoms with Crippen molar-refractivity contribution in [2.24, 2.45) is 0 Å². The van der Waals surface area contributed by atoms with Gasteiger partial charge in [0.1, 0.15) is 6.20 Å². The maximum atomic E-state index is 10.8. The number of hydrogen-bond acceptors (Lipinski definition) is 5. The van der Waals surface area contributed by atoms with Crippen molar-refractivity contribution in [1.29, 1.82) is 0 Å². The zero-order valence-corrected chi connectivity index (χ0v) is 8.45. The Morgan fingerprint density at radius 3 is 3.00 bits per heavy atom. The molecule has 0 radical (unpaired) electrons. The average Bonchev–Trinajstić information content (AvgIpc) is 2.12. The molecule has 0 unspecified atom stereocenters. The second-order valence-corrected chi connectivity index (χ2v) is 3.27. The van der Waals surface area contributed by atoms with E-state index in [1.165, 1.54) is 0 Å². The number of nitrogens with one attached hydrogen (secondary N) is 2. The van der Waals surface area contributed by atoms with Crippen LogP contribution in [-0.4, -0.2) is 47.3 Å². The van der Waals surface area contributed by atoms with Gasteiger partial charge in [-0.3, -0.25) is 9.78 Å². The molecule has 0 bridgehead atoms. The Hall–Kier alpha value is -1.43. The third-order valence-corrected chi connectivity index (χ3v) is 1.65. The number of aromatic amines is 1. The summed E-state index contributed by atoms with van der Waals surface area (Å²) in [4.78, 5) is 15.5. The van der Waals surface area contributed by atoms with E-state index in [2.05, 4.69) is 25.4 Å². The zero-order chi connectivity index (χ0) is 10.4. The summed E-state index contributed by atoms with van der Waals surface area (Å²) in [6.45, 7) is 1.77. The highest BCUT2D eigenvalue weighted by Crippen LogP contribution is 1.90. The standard InChI is InChI=1S/C8H15N5O/c1-13(2)5-3-4-9-8-11-7(14)6-10-12-8/h6H,3-5H2,1-2H3,(H2,9,11,12,14). The van der Waals surface area contributed by atoms with Crippen LogP contribution in [0.25, 0.3) is 0 Å². The molecule has 6 nitrogen and oxygen atoms in total. The van der Waals surface area contributed by atoms with Gasteiger partial charge in [0.25, 0.3) is 5.56 Å². The Kier molecular flexibility index (Phi) is 4.06. The van der Waals surface area contributed by atoms with Crippen molar-refractivity contribution in [3.63, 3.8) is 0 Å². The minimum absolute atomic E-state index is 0.241. The Balaban J connectivity index is 2.28. The quantitative estimate of drug-likeness (QED) is 0.624. The van der Waals surface area contributed by atoms with E-state index in [0.717, 1.165) is 25.7 Å². The summed E-state index contributed by atoms with van der Waals surface area (Å²) in [5, 5.41) is 10.2. The lowest BCUT2D eigenvalue weighted by Crippen LogP contribution is -2.18. The lowest BCUT2D eigenvalue weighted by molar-refractivity contribution is 0.405. The van der Waals surface area contributed by atoms with Gasteiger partial charge >= 0.3 is 0 Å². The first kappa shape index (κ1) is 10.6. The highest BCUT2D eigenvalue weighted by Gasteiger charge is 1.94. The first-order valence-electron chi connectivity index (χ1n) is 4.49. The zero-order valence-electron chi connectivity index (χ0n) is 8.45. The van der Waals surface area contributed by atoms with Crippen molar-refractivity contribution >= 4 is 5.95 Å². The minimum Gasteiger partial charge on any atom is -0.354 e. The van der Waals surface area contributed by atoms with E-state index in [-0.39, 0.29) is 5.56 Å². The van der Waals surface area contributed by atoms with Crippen LogP contribution in [-0.2, 0) is 0 Å². The normalized spacial score (nSPS) is 10.5. The van der Waals surface area contributed by atoms with Crippen LogP contribution in [0.15, 0.2) is 11.0 Å². The van der Waals surface area contributed by atoms with E-state index in [0.29, 0.717) is 5.95 Å². The summed E-state index contributed by atoms with van der Waals surface area (Å²) in [5.74, 6) is 0.427. The van der Waals surface area contributed by atoms with Gasteiger partial charge in [-0.1, -0.05) is 0 Å². The topological polar surface area (TPSA) is 73.9 Å². The van der Waals surface area contributed by atoms with Crippen molar-refractivity contribution in [3.05, 3.63) is 16.6 Å². The molecule has 0 amide bonds. The molecule has 0 aliphatic rings. The molecule has 1 rings (SSSR count). The molecule has 0 aliphatic carbocycles. The second-order valence-electron chi connectivity index (χ2n) is 3.27. The number of anilines is 1. The first-order valence-corrected chi connectivity index (χ1v) is 4.49. The van der Waals surface area contributed by atoms with Crippen molar-refractivity contribution in [2.45, 2.75) is 6.42 Å². The van der Waals surface area contributed by atoms with E-state index in [1.807, 2.05) is 14.1 Å². The summed E-state index contributed by atoms with van der Waals surface area (Å²) < 4.78 is 0. The smallest absolute Gasteiger partial charge is 0.271 e. The SMILES string of the molecule is CN(C)CCCNc1nncc(=O)[nH]1. The van der Waals surface area contributed by atoms with Crippen molar-refractivity contribution in [2.75, 3.05) is 32.5 Å². The first-order chi connectivity index (χ1) is 6.68. The van der Waals surface area contributed by atoms with Crippen LogP contribution < -0.4 is 10.9 Å². The molecule has 2 N–H and O–H groups in total. The minimum atomic E-state index is -0.241. The molecule has 1 heterocycles. The van der Waals surface area contributed by atoms with Gasteiger partial charge in [-0.2, -0.15) is 0 Å². The Labute approximate surface area is 82.4 Å². The molecule has 6 heteroatoms. The predicted molar refractivity (Wildman–Crippen MR) is 54.3 cm³/mol. The molecular formula is C8H15N5O. The average molecular weight is 197 g/mol. The van der Waals surface area contributed by atoms with Gasteiger partial charge in [-0.15, -0.1) is 10.2 Å². The van der Waals surface area contributed by atoms with Crippen LogP contribution in [0.2, 0.25) is 0 Å². The van der Waals surface area contributed by atoms with E-state index in [4.69, 9.17) is 0 Å². The van der Waals surface area contributed by atoms with Crippen LogP contribution in [0.1, 0.15) is 6.42 Å². The van der Waals surface area contributed by atoms with Crippen LogP contribution in [0, 0.1) is 0 Å². The van der Waals surface area contributed by atoms with E-state index >= 15 is 0 Å². The fourth-order valence-corrected chi connectivity index (χ4v) is 0.995. The largest absolute Gasteiger partial charge is 0.354 e. The Morgan fingerprint density at radius 1 is 1.57 bits per heavy atom. The molecule has 0 saturated heterocycles. The number of hydrogen-bond donors (Lipinski definition) is 2. The summed E-state index contributed by atoms with van der Waals surface area (Å²) in [6.07, 6.45) is 2.14. The molecule has 1 aromatic rings. The highest BCUT2D eigenvalue weighted by atomic mass is 16.1. The lowest BCUT2D eigenvalue weighted by atomic mass is 10.4. The van der Waals surface area contributed by atoms with Crippen molar-refractivity contribution in [1.82, 2.24) is 20.1 Å². The third kappa shape index (κ3) is 3.99. The Morgan fingerprint density at radius 2 is 2.36 bits per heavy atom. The van der Waals surface area contributed by atoms with Gasteiger partial charge in [0.15, 0.2) is 0 Å². The molecule has 78 valence electrons. The van der Waals surface area contributed by atoms with Gasteiger partial charge in [-0.05, 0) is 27.1 Å². The number of H-pyrrole nitrogens is 1. The van der Waals surface area contributed by atoms with Crippen molar-refractivity contribution < 1.29 is 0 Å². The summed E-state index contributed by atoms with van der Waals surface area (Å²) >= 11 is 0. The molecule has 1 aromatic heterocycles. The van der Waals surface area contributed by atoms with E-state index in [1.54, 1.807) is 0 Å². The van der Waals surface area contributed by atoms with Gasteiger partial charge < -0.3 is 10.2 Å². The van der Waals surface area contributed by atoms with E-state index in [9.17, 15) is 4.79 Å². The fourth-order valence-electron chi connectivity index (χ4n) is 0.995. The van der Waals surface area contributed by atoms with E-state index < -0.39 is 0 Å². The third-order valence-electron chi connectivity index (χ3n) is 1.65. The summed E-state index contributed by atoms with van der Waals surface area (Å²) in [6, 6.07) is 0. The molecule has 0 saturated carbocycles. The van der Waals surface area contributed by atoms with Gasteiger partial charge in [0.05, 0.1) is 0 Å². The number of rotatable bonds is 5. The van der Waals surface area contributed by atoms with Crippen LogP contribution in [0.4, 0.5) is 5.95 Å². The molecule has 0 fully saturated rings. The highest BCUT2D eigenvalue weighted by molar-refractivity contribution is 5.19. The lowest BCUT2D eigenvalue weighted by Gasteiger charge is -2.09. The molecule has 0 atom stereocenters. The maximum absolute atomic E-state index is 10.8. The van der Waals surface area contributed by atoms with Crippen LogP contribution in [0.5, 0.6) is 0 Å². The number of aromatic nitrogens is 3. The predicted octanol–water partition coefficient (Wildman–Crippen LogP) is -0.471. The Bertz CT molecular complexity index is 322. The summed E-state index contributed by atoms with van der Waals surface area (Å²) in [5.41, 5.74) is -0.241. The molecular weight excluding hydrogens is 182 g/mol. The van der Waals surface area contributed by atoms with Gasteiger partial charge in [0, 0.05) is 6.54 Å². The summed E-state index contributed by atoms with van der Waals surface area (Å²) in [7, 11) is 4.04. The van der Waals surface area contributed by atoms with Gasteiger partial charge in [0.2, 0.25) is 5.95 Å². The van der Waals surface area contributed by atoms with Crippen LogP contribution >= 0.6 is 0 Å². The van der Waals surface area contributed by atoms with Crippen LogP contribution in [0.3, 0.4) is 0 Å². The molecule has 0 spiro atoms. The maximum Gasteiger partial charge on any atom is 0.271 e. The molecule has 0 aromatic carbocycles. The van der Waals surface area contributed by atoms with Gasteiger partial charge in [-0.25, -0.2) is 0 Å². The van der Waals surface area contributed by atoms with Crippen molar-refractivity contribution in [3.8, 4) is 0 Å². The monoisotopic (exact) mass is 197 g/mol. The molecule has 14 heavy (non-hydrogen) atoms. The molecule has 0 aliphatic heterocycles. The fraction of sp³-hybridized carbons (Fsp3) is 0.625. The second kappa shape index (κ2) is 5.33. The number of nitrogens with zero attached hydrogens (tertiary/aromatic N) is 3.